The number of ether oxygens (including phenoxy) is 1. The summed E-state index contributed by atoms with van der Waals surface area (Å²) in [6.07, 6.45) is 0. The molecule has 0 unspecified atom stereocenters. The van der Waals surface area contributed by atoms with Gasteiger partial charge in [0.15, 0.2) is 0 Å². The van der Waals surface area contributed by atoms with Crippen LogP contribution >= 0.6 is 11.3 Å². The van der Waals surface area contributed by atoms with Gasteiger partial charge in [-0.1, -0.05) is 41.7 Å². The molecule has 0 fully saturated rings. The van der Waals surface area contributed by atoms with Crippen molar-refractivity contribution in [2.75, 3.05) is 7.11 Å². The summed E-state index contributed by atoms with van der Waals surface area (Å²) in [6.45, 7) is 0. The molecular formula is C18H14O2S. The maximum Gasteiger partial charge on any atom is 0.233 e. The quantitative estimate of drug-likeness (QED) is 0.713. The molecule has 2 aromatic carbocycles. The highest BCUT2D eigenvalue weighted by molar-refractivity contribution is 7.12. The van der Waals surface area contributed by atoms with Gasteiger partial charge in [0.1, 0.15) is 5.75 Å². The zero-order valence-electron chi connectivity index (χ0n) is 11.6. The predicted molar refractivity (Wildman–Crippen MR) is 88.0 cm³/mol. The Balaban J connectivity index is 2.07. The summed E-state index contributed by atoms with van der Waals surface area (Å²) >= 11 is 1.26. The van der Waals surface area contributed by atoms with Crippen LogP contribution in [0.4, 0.5) is 0 Å². The van der Waals surface area contributed by atoms with Crippen LogP contribution in [0.5, 0.6) is 5.75 Å². The molecule has 3 aromatic rings. The van der Waals surface area contributed by atoms with Crippen LogP contribution in [-0.4, -0.2) is 7.11 Å². The van der Waals surface area contributed by atoms with Crippen LogP contribution in [0, 0.1) is 0 Å². The summed E-state index contributed by atoms with van der Waals surface area (Å²) < 4.78 is 5.22. The first-order valence-electron chi connectivity index (χ1n) is 6.61. The van der Waals surface area contributed by atoms with Gasteiger partial charge in [-0.25, -0.2) is 0 Å². The predicted octanol–water partition coefficient (Wildman–Crippen LogP) is 4.45. The third kappa shape index (κ3) is 3.03. The zero-order valence-corrected chi connectivity index (χ0v) is 12.4. The Bertz CT molecular complexity index is 789. The zero-order chi connectivity index (χ0) is 14.7. The molecule has 3 rings (SSSR count). The minimum absolute atomic E-state index is 0.0576. The number of rotatable bonds is 3. The van der Waals surface area contributed by atoms with Crippen molar-refractivity contribution in [3.8, 4) is 27.3 Å². The van der Waals surface area contributed by atoms with Crippen LogP contribution in [0.25, 0.3) is 21.6 Å². The highest BCUT2D eigenvalue weighted by Crippen LogP contribution is 2.28. The fourth-order valence-electron chi connectivity index (χ4n) is 2.17. The van der Waals surface area contributed by atoms with Crippen molar-refractivity contribution in [2.45, 2.75) is 0 Å². The molecule has 0 amide bonds. The molecule has 0 aliphatic heterocycles. The van der Waals surface area contributed by atoms with Gasteiger partial charge in [0.05, 0.1) is 7.11 Å². The van der Waals surface area contributed by atoms with E-state index in [1.807, 2.05) is 54.6 Å². The van der Waals surface area contributed by atoms with Crippen molar-refractivity contribution in [2.24, 2.45) is 0 Å². The Hall–Kier alpha value is -2.39. The number of hydrogen-bond donors (Lipinski definition) is 0. The van der Waals surface area contributed by atoms with Crippen molar-refractivity contribution in [3.05, 3.63) is 76.3 Å². The standard InChI is InChI=1S/C18H14O2S/c1-20-16-9-7-14(8-10-16)17-11-15(12-18(19)21-17)13-5-3-2-4-6-13/h2-12H,1H3. The first-order valence-corrected chi connectivity index (χ1v) is 7.43. The lowest BCUT2D eigenvalue weighted by Crippen LogP contribution is -1.94. The summed E-state index contributed by atoms with van der Waals surface area (Å²) in [5.74, 6) is 0.810. The van der Waals surface area contributed by atoms with E-state index in [0.717, 1.165) is 27.3 Å². The Labute approximate surface area is 127 Å². The van der Waals surface area contributed by atoms with Crippen LogP contribution in [0.1, 0.15) is 0 Å². The summed E-state index contributed by atoms with van der Waals surface area (Å²) in [5.41, 5.74) is 3.03. The Morgan fingerprint density at radius 1 is 0.810 bits per heavy atom. The second kappa shape index (κ2) is 5.94. The van der Waals surface area contributed by atoms with Crippen LogP contribution < -0.4 is 9.48 Å². The molecule has 0 aliphatic carbocycles. The van der Waals surface area contributed by atoms with Crippen LogP contribution in [0.2, 0.25) is 0 Å². The van der Waals surface area contributed by atoms with Crippen molar-refractivity contribution in [1.29, 1.82) is 0 Å². The van der Waals surface area contributed by atoms with Crippen LogP contribution in [0.15, 0.2) is 71.5 Å². The molecule has 0 radical (unpaired) electrons. The number of benzene rings is 2. The molecule has 0 saturated heterocycles. The van der Waals surface area contributed by atoms with Gasteiger partial charge in [-0.05, 0) is 47.0 Å². The summed E-state index contributed by atoms with van der Waals surface area (Å²) in [6, 6.07) is 21.4. The van der Waals surface area contributed by atoms with E-state index in [0.29, 0.717) is 0 Å². The summed E-state index contributed by atoms with van der Waals surface area (Å²) in [7, 11) is 1.64. The van der Waals surface area contributed by atoms with Crippen molar-refractivity contribution < 1.29 is 4.74 Å². The van der Waals surface area contributed by atoms with Gasteiger partial charge in [-0.3, -0.25) is 4.79 Å². The van der Waals surface area contributed by atoms with Gasteiger partial charge >= 0.3 is 0 Å². The maximum atomic E-state index is 12.0. The lowest BCUT2D eigenvalue weighted by Gasteiger charge is -2.06. The van der Waals surface area contributed by atoms with Crippen molar-refractivity contribution >= 4 is 11.3 Å². The van der Waals surface area contributed by atoms with Crippen molar-refractivity contribution in [1.82, 2.24) is 0 Å². The maximum absolute atomic E-state index is 12.0. The lowest BCUT2D eigenvalue weighted by molar-refractivity contribution is 0.415. The molecule has 1 aromatic heterocycles. The highest BCUT2D eigenvalue weighted by atomic mass is 32.1. The molecule has 0 spiro atoms. The largest absolute Gasteiger partial charge is 0.497 e. The summed E-state index contributed by atoms with van der Waals surface area (Å²) in [5, 5.41) is 0. The van der Waals surface area contributed by atoms with E-state index in [4.69, 9.17) is 4.74 Å². The number of methoxy groups -OCH3 is 1. The van der Waals surface area contributed by atoms with Gasteiger partial charge in [0, 0.05) is 10.9 Å². The monoisotopic (exact) mass is 294 g/mol. The average molecular weight is 294 g/mol. The van der Waals surface area contributed by atoms with Gasteiger partial charge in [0.2, 0.25) is 4.74 Å². The molecule has 104 valence electrons. The van der Waals surface area contributed by atoms with Crippen molar-refractivity contribution in [3.63, 3.8) is 0 Å². The highest BCUT2D eigenvalue weighted by Gasteiger charge is 2.05. The summed E-state index contributed by atoms with van der Waals surface area (Å²) in [4.78, 5) is 12.9. The first kappa shape index (κ1) is 13.6. The Morgan fingerprint density at radius 3 is 2.19 bits per heavy atom. The fourth-order valence-corrected chi connectivity index (χ4v) is 3.01. The normalized spacial score (nSPS) is 10.3. The molecule has 3 heteroatoms. The molecule has 0 aliphatic rings. The van der Waals surface area contributed by atoms with E-state index in [9.17, 15) is 4.79 Å². The molecule has 2 nitrogen and oxygen atoms in total. The van der Waals surface area contributed by atoms with Crippen LogP contribution in [0.3, 0.4) is 0 Å². The van der Waals surface area contributed by atoms with Gasteiger partial charge in [-0.15, -0.1) is 0 Å². The molecule has 0 saturated carbocycles. The van der Waals surface area contributed by atoms with Gasteiger partial charge in [-0.2, -0.15) is 0 Å². The fraction of sp³-hybridized carbons (Fsp3) is 0.0556. The van der Waals surface area contributed by atoms with E-state index in [-0.39, 0.29) is 4.74 Å². The second-order valence-electron chi connectivity index (χ2n) is 4.62. The van der Waals surface area contributed by atoms with E-state index in [1.165, 1.54) is 11.3 Å². The Morgan fingerprint density at radius 2 is 1.52 bits per heavy atom. The molecule has 21 heavy (non-hydrogen) atoms. The minimum atomic E-state index is 0.0576. The topological polar surface area (TPSA) is 26.3 Å². The SMILES string of the molecule is COc1ccc(-c2cc(-c3ccccc3)cc(=O)s2)cc1. The van der Waals surface area contributed by atoms with E-state index >= 15 is 0 Å². The van der Waals surface area contributed by atoms with Gasteiger partial charge in [0.25, 0.3) is 0 Å². The van der Waals surface area contributed by atoms with Gasteiger partial charge < -0.3 is 4.74 Å². The lowest BCUT2D eigenvalue weighted by atomic mass is 10.1. The third-order valence-electron chi connectivity index (χ3n) is 3.25. The van der Waals surface area contributed by atoms with E-state index in [1.54, 1.807) is 13.2 Å². The first-order chi connectivity index (χ1) is 10.3. The minimum Gasteiger partial charge on any atom is -0.497 e. The molecule has 1 heterocycles. The van der Waals surface area contributed by atoms with E-state index in [2.05, 4.69) is 6.07 Å². The molecule has 0 atom stereocenters. The molecule has 0 bridgehead atoms. The van der Waals surface area contributed by atoms with E-state index < -0.39 is 0 Å². The molecular weight excluding hydrogens is 280 g/mol. The number of hydrogen-bond acceptors (Lipinski definition) is 3. The second-order valence-corrected chi connectivity index (χ2v) is 5.67. The average Bonchev–Trinajstić information content (AvgIpc) is 2.55. The Kier molecular flexibility index (Phi) is 3.84. The molecule has 0 N–H and O–H groups in total. The van der Waals surface area contributed by atoms with Crippen LogP contribution in [-0.2, 0) is 0 Å². The third-order valence-corrected chi connectivity index (χ3v) is 4.14. The smallest absolute Gasteiger partial charge is 0.233 e.